The van der Waals surface area contributed by atoms with E-state index in [2.05, 4.69) is 4.98 Å². The molecule has 0 bridgehead atoms. The van der Waals surface area contributed by atoms with Gasteiger partial charge in [0.05, 0.1) is 5.69 Å². The number of alkyl halides is 3. The number of aryl methyl sites for hydroxylation is 1. The first kappa shape index (κ1) is 13.9. The van der Waals surface area contributed by atoms with Crippen LogP contribution in [0.15, 0.2) is 14.6 Å². The van der Waals surface area contributed by atoms with Gasteiger partial charge < -0.3 is 10.2 Å². The summed E-state index contributed by atoms with van der Waals surface area (Å²) in [5.74, 6) is 0.154. The predicted molar refractivity (Wildman–Crippen MR) is 66.2 cm³/mol. The standard InChI is InChI=1S/C11H11F3N2O2S/c12-11(13,14)4-2-1-3-7-16-9-8(10(17)18-7)6(15)5-19-9/h5H,1-4,15H2. The van der Waals surface area contributed by atoms with Gasteiger partial charge in [-0.05, 0) is 12.8 Å². The van der Waals surface area contributed by atoms with Crippen molar-refractivity contribution in [3.8, 4) is 0 Å². The average Bonchev–Trinajstić information content (AvgIpc) is 2.66. The van der Waals surface area contributed by atoms with Gasteiger partial charge in [0.15, 0.2) is 5.89 Å². The predicted octanol–water partition coefficient (Wildman–Crippen LogP) is 3.11. The quantitative estimate of drug-likeness (QED) is 0.879. The summed E-state index contributed by atoms with van der Waals surface area (Å²) >= 11 is 1.21. The van der Waals surface area contributed by atoms with Crippen LogP contribution in [0.3, 0.4) is 0 Å². The Morgan fingerprint density at radius 2 is 2.11 bits per heavy atom. The van der Waals surface area contributed by atoms with Gasteiger partial charge in [0.1, 0.15) is 10.2 Å². The van der Waals surface area contributed by atoms with Crippen molar-refractivity contribution in [2.45, 2.75) is 31.9 Å². The van der Waals surface area contributed by atoms with Crippen LogP contribution in [0.25, 0.3) is 10.2 Å². The van der Waals surface area contributed by atoms with E-state index in [0.29, 0.717) is 10.5 Å². The Kier molecular flexibility index (Phi) is 3.79. The van der Waals surface area contributed by atoms with Crippen LogP contribution in [0, 0.1) is 0 Å². The Bertz CT molecular complexity index is 633. The van der Waals surface area contributed by atoms with E-state index in [0.717, 1.165) is 0 Å². The van der Waals surface area contributed by atoms with E-state index < -0.39 is 18.2 Å². The lowest BCUT2D eigenvalue weighted by atomic mass is 10.2. The van der Waals surface area contributed by atoms with Crippen molar-refractivity contribution in [2.24, 2.45) is 0 Å². The molecule has 2 aromatic heterocycles. The zero-order chi connectivity index (χ0) is 14.0. The molecule has 2 aromatic rings. The molecule has 8 heteroatoms. The van der Waals surface area contributed by atoms with E-state index in [1.54, 1.807) is 5.38 Å². The van der Waals surface area contributed by atoms with E-state index in [1.165, 1.54) is 11.3 Å². The van der Waals surface area contributed by atoms with E-state index in [4.69, 9.17) is 10.2 Å². The molecule has 0 unspecified atom stereocenters. The fourth-order valence-electron chi connectivity index (χ4n) is 1.65. The molecule has 0 amide bonds. The summed E-state index contributed by atoms with van der Waals surface area (Å²) in [5, 5.41) is 1.83. The number of rotatable bonds is 4. The van der Waals surface area contributed by atoms with Crippen LogP contribution in [0.5, 0.6) is 0 Å². The number of nitrogens with two attached hydrogens (primary N) is 1. The number of hydrogen-bond donors (Lipinski definition) is 1. The summed E-state index contributed by atoms with van der Waals surface area (Å²) in [4.78, 5) is 16.2. The molecule has 0 fully saturated rings. The van der Waals surface area contributed by atoms with Gasteiger partial charge in [-0.15, -0.1) is 11.3 Å². The first-order valence-electron chi connectivity index (χ1n) is 5.60. The molecular weight excluding hydrogens is 281 g/mol. The smallest absolute Gasteiger partial charge is 0.389 e. The van der Waals surface area contributed by atoms with E-state index in [-0.39, 0.29) is 30.5 Å². The van der Waals surface area contributed by atoms with Crippen LogP contribution in [0.4, 0.5) is 18.9 Å². The molecule has 0 aliphatic heterocycles. The summed E-state index contributed by atoms with van der Waals surface area (Å²) in [5.41, 5.74) is 5.30. The highest BCUT2D eigenvalue weighted by Gasteiger charge is 2.25. The summed E-state index contributed by atoms with van der Waals surface area (Å²) < 4.78 is 40.8. The van der Waals surface area contributed by atoms with E-state index >= 15 is 0 Å². The Morgan fingerprint density at radius 1 is 1.37 bits per heavy atom. The van der Waals surface area contributed by atoms with Crippen LogP contribution >= 0.6 is 11.3 Å². The molecule has 0 atom stereocenters. The molecule has 0 spiro atoms. The monoisotopic (exact) mass is 292 g/mol. The second kappa shape index (κ2) is 5.20. The molecule has 104 valence electrons. The number of hydrogen-bond acceptors (Lipinski definition) is 5. The average molecular weight is 292 g/mol. The summed E-state index contributed by atoms with van der Waals surface area (Å²) in [7, 11) is 0. The highest BCUT2D eigenvalue weighted by Crippen LogP contribution is 2.25. The molecule has 2 heterocycles. The van der Waals surface area contributed by atoms with Gasteiger partial charge in [-0.25, -0.2) is 9.78 Å². The molecule has 4 nitrogen and oxygen atoms in total. The SMILES string of the molecule is Nc1csc2nc(CCCCC(F)(F)F)oc(=O)c12. The lowest BCUT2D eigenvalue weighted by molar-refractivity contribution is -0.135. The second-order valence-corrected chi connectivity index (χ2v) is 4.95. The topological polar surface area (TPSA) is 69.1 Å². The summed E-state index contributed by atoms with van der Waals surface area (Å²) in [6.45, 7) is 0. The lowest BCUT2D eigenvalue weighted by Gasteiger charge is -2.04. The van der Waals surface area contributed by atoms with Crippen molar-refractivity contribution in [3.05, 3.63) is 21.7 Å². The van der Waals surface area contributed by atoms with Crippen molar-refractivity contribution < 1.29 is 17.6 Å². The molecule has 0 saturated heterocycles. The zero-order valence-corrected chi connectivity index (χ0v) is 10.6. The molecule has 19 heavy (non-hydrogen) atoms. The van der Waals surface area contributed by atoms with Crippen LogP contribution in [0.1, 0.15) is 25.2 Å². The van der Waals surface area contributed by atoms with Crippen molar-refractivity contribution in [1.29, 1.82) is 0 Å². The third-order valence-corrected chi connectivity index (χ3v) is 3.43. The van der Waals surface area contributed by atoms with Gasteiger partial charge in [0.2, 0.25) is 0 Å². The third-order valence-electron chi connectivity index (χ3n) is 2.54. The van der Waals surface area contributed by atoms with Crippen molar-refractivity contribution in [1.82, 2.24) is 4.98 Å². The van der Waals surface area contributed by atoms with Crippen LogP contribution in [-0.2, 0) is 6.42 Å². The molecule has 0 aliphatic rings. The number of fused-ring (bicyclic) bond motifs is 1. The Hall–Kier alpha value is -1.57. The first-order chi connectivity index (χ1) is 8.87. The minimum Gasteiger partial charge on any atom is -0.408 e. The molecule has 2 N–H and O–H groups in total. The largest absolute Gasteiger partial charge is 0.408 e. The molecular formula is C11H11F3N2O2S. The molecule has 0 aromatic carbocycles. The number of nitrogens with zero attached hydrogens (tertiary/aromatic N) is 1. The number of aromatic nitrogens is 1. The second-order valence-electron chi connectivity index (χ2n) is 4.09. The number of nitrogen functional groups attached to an aromatic ring is 1. The highest BCUT2D eigenvalue weighted by molar-refractivity contribution is 7.17. The molecule has 0 aliphatic carbocycles. The minimum absolute atomic E-state index is 0.0144. The van der Waals surface area contributed by atoms with Gasteiger partial charge in [-0.2, -0.15) is 13.2 Å². The van der Waals surface area contributed by atoms with Gasteiger partial charge in [0.25, 0.3) is 0 Å². The molecule has 2 rings (SSSR count). The van der Waals surface area contributed by atoms with Crippen molar-refractivity contribution in [3.63, 3.8) is 0 Å². The van der Waals surface area contributed by atoms with Crippen LogP contribution in [-0.4, -0.2) is 11.2 Å². The Balaban J connectivity index is 2.04. The first-order valence-corrected chi connectivity index (χ1v) is 6.48. The maximum absolute atomic E-state index is 12.0. The number of halogens is 3. The zero-order valence-electron chi connectivity index (χ0n) is 9.79. The van der Waals surface area contributed by atoms with Crippen molar-refractivity contribution >= 4 is 27.2 Å². The Labute approximate surface area is 110 Å². The normalized spacial score (nSPS) is 12.2. The maximum atomic E-state index is 12.0. The van der Waals surface area contributed by atoms with E-state index in [9.17, 15) is 18.0 Å². The summed E-state index contributed by atoms with van der Waals surface area (Å²) in [6, 6.07) is 0. The molecule has 0 saturated carbocycles. The van der Waals surface area contributed by atoms with Crippen LogP contribution < -0.4 is 11.4 Å². The van der Waals surface area contributed by atoms with Gasteiger partial charge in [-0.3, -0.25) is 0 Å². The van der Waals surface area contributed by atoms with Crippen LogP contribution in [0.2, 0.25) is 0 Å². The number of unbranched alkanes of at least 4 members (excludes halogenated alkanes) is 1. The number of thiophene rings is 1. The van der Waals surface area contributed by atoms with E-state index in [1.807, 2.05) is 0 Å². The lowest BCUT2D eigenvalue weighted by Crippen LogP contribution is -2.08. The third kappa shape index (κ3) is 3.46. The van der Waals surface area contributed by atoms with Gasteiger partial charge in [-0.1, -0.05) is 0 Å². The minimum atomic E-state index is -4.15. The van der Waals surface area contributed by atoms with Gasteiger partial charge >= 0.3 is 11.8 Å². The highest BCUT2D eigenvalue weighted by atomic mass is 32.1. The van der Waals surface area contributed by atoms with Crippen molar-refractivity contribution in [2.75, 3.05) is 5.73 Å². The van der Waals surface area contributed by atoms with Gasteiger partial charge in [0, 0.05) is 18.2 Å². The fourth-order valence-corrected chi connectivity index (χ4v) is 2.48. The molecule has 0 radical (unpaired) electrons. The maximum Gasteiger partial charge on any atom is 0.389 e. The Morgan fingerprint density at radius 3 is 2.79 bits per heavy atom. The fraction of sp³-hybridized carbons (Fsp3) is 0.455. The summed E-state index contributed by atoms with van der Waals surface area (Å²) in [6.07, 6.45) is -4.54. The number of anilines is 1.